The zero-order valence-corrected chi connectivity index (χ0v) is 12.8. The smallest absolute Gasteiger partial charge is 0.246 e. The SMILES string of the molecule is CNC(=O)C(NC(=O)Cc1ccccc1F)c1ccc(F)c(F)c1. The molecule has 24 heavy (non-hydrogen) atoms. The van der Waals surface area contributed by atoms with Crippen LogP contribution in [-0.2, 0) is 16.0 Å². The Kier molecular flexibility index (Phi) is 5.57. The third-order valence-corrected chi connectivity index (χ3v) is 3.40. The molecule has 0 aromatic heterocycles. The number of benzene rings is 2. The molecule has 4 nitrogen and oxygen atoms in total. The molecule has 2 N–H and O–H groups in total. The Morgan fingerprint density at radius 1 is 1.00 bits per heavy atom. The highest BCUT2D eigenvalue weighted by Gasteiger charge is 2.23. The Labute approximate surface area is 136 Å². The maximum Gasteiger partial charge on any atom is 0.246 e. The molecule has 0 saturated heterocycles. The van der Waals surface area contributed by atoms with Crippen LogP contribution in [-0.4, -0.2) is 18.9 Å². The van der Waals surface area contributed by atoms with Crippen molar-refractivity contribution in [2.24, 2.45) is 0 Å². The zero-order valence-electron chi connectivity index (χ0n) is 12.8. The first-order valence-corrected chi connectivity index (χ1v) is 7.11. The predicted octanol–water partition coefficient (Wildman–Crippen LogP) is 2.25. The summed E-state index contributed by atoms with van der Waals surface area (Å²) in [5.41, 5.74) is 0.242. The Bertz CT molecular complexity index is 765. The number of carbonyl (C=O) groups is 2. The van der Waals surface area contributed by atoms with Crippen LogP contribution in [0.25, 0.3) is 0 Å². The number of hydrogen-bond donors (Lipinski definition) is 2. The van der Waals surface area contributed by atoms with Crippen molar-refractivity contribution in [2.75, 3.05) is 7.05 Å². The second-order valence-electron chi connectivity index (χ2n) is 5.06. The molecule has 126 valence electrons. The molecule has 2 amide bonds. The molecule has 2 aromatic rings. The third-order valence-electron chi connectivity index (χ3n) is 3.40. The van der Waals surface area contributed by atoms with Crippen molar-refractivity contribution >= 4 is 11.8 Å². The fraction of sp³-hybridized carbons (Fsp3) is 0.176. The van der Waals surface area contributed by atoms with Gasteiger partial charge in [0.1, 0.15) is 11.9 Å². The maximum absolute atomic E-state index is 13.6. The van der Waals surface area contributed by atoms with E-state index >= 15 is 0 Å². The number of hydrogen-bond acceptors (Lipinski definition) is 2. The number of carbonyl (C=O) groups excluding carboxylic acids is 2. The molecule has 0 fully saturated rings. The molecule has 0 heterocycles. The lowest BCUT2D eigenvalue weighted by Crippen LogP contribution is -2.39. The van der Waals surface area contributed by atoms with Crippen molar-refractivity contribution in [2.45, 2.75) is 12.5 Å². The van der Waals surface area contributed by atoms with Gasteiger partial charge in [-0.05, 0) is 29.3 Å². The molecule has 0 aliphatic heterocycles. The van der Waals surface area contributed by atoms with Crippen LogP contribution in [0.1, 0.15) is 17.2 Å². The molecule has 0 bridgehead atoms. The first kappa shape index (κ1) is 17.5. The van der Waals surface area contributed by atoms with Crippen LogP contribution < -0.4 is 10.6 Å². The molecule has 0 aliphatic carbocycles. The summed E-state index contributed by atoms with van der Waals surface area (Å²) in [6, 6.07) is 7.41. The van der Waals surface area contributed by atoms with Crippen LogP contribution >= 0.6 is 0 Å². The maximum atomic E-state index is 13.6. The lowest BCUT2D eigenvalue weighted by Gasteiger charge is -2.18. The quantitative estimate of drug-likeness (QED) is 0.880. The summed E-state index contributed by atoms with van der Waals surface area (Å²) in [7, 11) is 1.35. The summed E-state index contributed by atoms with van der Waals surface area (Å²) in [6.45, 7) is 0. The van der Waals surface area contributed by atoms with Crippen molar-refractivity contribution in [1.29, 1.82) is 0 Å². The fourth-order valence-corrected chi connectivity index (χ4v) is 2.16. The van der Waals surface area contributed by atoms with Crippen molar-refractivity contribution in [3.8, 4) is 0 Å². The minimum absolute atomic E-state index is 0.0788. The van der Waals surface area contributed by atoms with Gasteiger partial charge < -0.3 is 10.6 Å². The highest BCUT2D eigenvalue weighted by molar-refractivity contribution is 5.89. The average Bonchev–Trinajstić information content (AvgIpc) is 2.56. The summed E-state index contributed by atoms with van der Waals surface area (Å²) >= 11 is 0. The number of amides is 2. The van der Waals surface area contributed by atoms with Crippen LogP contribution in [0, 0.1) is 17.5 Å². The lowest BCUT2D eigenvalue weighted by atomic mass is 10.0. The largest absolute Gasteiger partial charge is 0.357 e. The minimum atomic E-state index is -1.22. The van der Waals surface area contributed by atoms with Gasteiger partial charge in [0.05, 0.1) is 6.42 Å². The van der Waals surface area contributed by atoms with E-state index in [-0.39, 0.29) is 17.5 Å². The van der Waals surface area contributed by atoms with Crippen LogP contribution in [0.5, 0.6) is 0 Å². The Morgan fingerprint density at radius 2 is 1.71 bits per heavy atom. The summed E-state index contributed by atoms with van der Waals surface area (Å²) in [4.78, 5) is 24.0. The van der Waals surface area contributed by atoms with E-state index in [1.54, 1.807) is 6.07 Å². The molecule has 7 heteroatoms. The van der Waals surface area contributed by atoms with Gasteiger partial charge in [0, 0.05) is 7.05 Å². The second kappa shape index (κ2) is 7.63. The van der Waals surface area contributed by atoms with Crippen molar-refractivity contribution in [1.82, 2.24) is 10.6 Å². The van der Waals surface area contributed by atoms with E-state index in [2.05, 4.69) is 10.6 Å². The first-order chi connectivity index (χ1) is 11.4. The van der Waals surface area contributed by atoms with Crippen molar-refractivity contribution in [3.63, 3.8) is 0 Å². The fourth-order valence-electron chi connectivity index (χ4n) is 2.16. The summed E-state index contributed by atoms with van der Waals surface area (Å²) in [6.07, 6.45) is -0.288. The molecule has 2 aromatic carbocycles. The van der Waals surface area contributed by atoms with Gasteiger partial charge in [-0.3, -0.25) is 9.59 Å². The second-order valence-corrected chi connectivity index (χ2v) is 5.06. The van der Waals surface area contributed by atoms with Crippen LogP contribution in [0.2, 0.25) is 0 Å². The van der Waals surface area contributed by atoms with E-state index in [0.29, 0.717) is 0 Å². The van der Waals surface area contributed by atoms with E-state index in [1.165, 1.54) is 31.3 Å². The number of halogens is 3. The molecule has 1 atom stereocenters. The van der Waals surface area contributed by atoms with E-state index in [0.717, 1.165) is 12.1 Å². The van der Waals surface area contributed by atoms with Crippen LogP contribution in [0.4, 0.5) is 13.2 Å². The van der Waals surface area contributed by atoms with Gasteiger partial charge in [-0.1, -0.05) is 24.3 Å². The van der Waals surface area contributed by atoms with Crippen LogP contribution in [0.15, 0.2) is 42.5 Å². The third kappa shape index (κ3) is 4.13. The van der Waals surface area contributed by atoms with Gasteiger partial charge in [-0.2, -0.15) is 0 Å². The van der Waals surface area contributed by atoms with E-state index in [1.807, 2.05) is 0 Å². The van der Waals surface area contributed by atoms with Crippen LogP contribution in [0.3, 0.4) is 0 Å². The Morgan fingerprint density at radius 3 is 2.33 bits per heavy atom. The zero-order chi connectivity index (χ0) is 17.7. The molecule has 0 spiro atoms. The number of likely N-dealkylation sites (N-methyl/N-ethyl adjacent to an activating group) is 1. The van der Waals surface area contributed by atoms with Gasteiger partial charge >= 0.3 is 0 Å². The Balaban J connectivity index is 2.20. The summed E-state index contributed by atoms with van der Waals surface area (Å²) in [5.74, 6) is -3.98. The highest BCUT2D eigenvalue weighted by atomic mass is 19.2. The minimum Gasteiger partial charge on any atom is -0.357 e. The Hall–Kier alpha value is -2.83. The molecule has 0 radical (unpaired) electrons. The molecular formula is C17H15F3N2O2. The first-order valence-electron chi connectivity index (χ1n) is 7.11. The summed E-state index contributed by atoms with van der Waals surface area (Å²) in [5, 5.41) is 4.73. The highest BCUT2D eigenvalue weighted by Crippen LogP contribution is 2.17. The van der Waals surface area contributed by atoms with Gasteiger partial charge in [0.2, 0.25) is 11.8 Å². The lowest BCUT2D eigenvalue weighted by molar-refractivity contribution is -0.128. The van der Waals surface area contributed by atoms with Gasteiger partial charge in [-0.15, -0.1) is 0 Å². The molecule has 2 rings (SSSR count). The molecular weight excluding hydrogens is 321 g/mol. The van der Waals surface area contributed by atoms with E-state index < -0.39 is 35.3 Å². The molecule has 1 unspecified atom stereocenters. The topological polar surface area (TPSA) is 58.2 Å². The summed E-state index contributed by atoms with van der Waals surface area (Å²) < 4.78 is 40.0. The van der Waals surface area contributed by atoms with E-state index in [4.69, 9.17) is 0 Å². The predicted molar refractivity (Wildman–Crippen MR) is 81.4 cm³/mol. The van der Waals surface area contributed by atoms with Crippen molar-refractivity contribution in [3.05, 3.63) is 71.0 Å². The van der Waals surface area contributed by atoms with Crippen molar-refractivity contribution < 1.29 is 22.8 Å². The number of rotatable bonds is 5. The monoisotopic (exact) mass is 336 g/mol. The normalized spacial score (nSPS) is 11.7. The van der Waals surface area contributed by atoms with Gasteiger partial charge in [0.25, 0.3) is 0 Å². The molecule has 0 saturated carbocycles. The number of nitrogens with one attached hydrogen (secondary N) is 2. The van der Waals surface area contributed by atoms with Gasteiger partial charge in [-0.25, -0.2) is 13.2 Å². The standard InChI is InChI=1S/C17H15F3N2O2/c1-21-17(24)16(11-6-7-13(19)14(20)8-11)22-15(23)9-10-4-2-3-5-12(10)18/h2-8,16H,9H2,1H3,(H,21,24)(H,22,23). The van der Waals surface area contributed by atoms with E-state index in [9.17, 15) is 22.8 Å². The average molecular weight is 336 g/mol. The molecule has 0 aliphatic rings. The van der Waals surface area contributed by atoms with Gasteiger partial charge in [0.15, 0.2) is 11.6 Å².